The first kappa shape index (κ1) is 13.4. The minimum atomic E-state index is -0.482. The second-order valence-corrected chi connectivity index (χ2v) is 4.21. The zero-order valence-corrected chi connectivity index (χ0v) is 10.8. The van der Waals surface area contributed by atoms with E-state index in [-0.39, 0.29) is 12.2 Å². The molecule has 0 aliphatic rings. The van der Waals surface area contributed by atoms with Gasteiger partial charge in [0, 0.05) is 5.02 Å². The molecule has 0 saturated heterocycles. The summed E-state index contributed by atoms with van der Waals surface area (Å²) in [6, 6.07) is 5.74. The van der Waals surface area contributed by atoms with Crippen LogP contribution in [0.15, 0.2) is 34.9 Å². The molecule has 1 N–H and O–H groups in total. The highest BCUT2D eigenvalue weighted by Gasteiger charge is 2.10. The van der Waals surface area contributed by atoms with E-state index in [9.17, 15) is 9.18 Å². The van der Waals surface area contributed by atoms with Crippen molar-refractivity contribution in [2.45, 2.75) is 6.54 Å². The smallest absolute Gasteiger partial charge is 0.341 e. The molecule has 0 amide bonds. The van der Waals surface area contributed by atoms with Crippen molar-refractivity contribution in [3.05, 3.63) is 52.7 Å². The van der Waals surface area contributed by atoms with Crippen molar-refractivity contribution >= 4 is 23.3 Å². The molecule has 0 atom stereocenters. The summed E-state index contributed by atoms with van der Waals surface area (Å²) in [5.74, 6) is -0.409. The topological polar surface area (TPSA) is 51.5 Å². The number of furan rings is 1. The minimum Gasteiger partial charge on any atom is -0.467 e. The second kappa shape index (κ2) is 5.75. The lowest BCUT2D eigenvalue weighted by Gasteiger charge is -2.05. The van der Waals surface area contributed by atoms with E-state index in [1.165, 1.54) is 37.6 Å². The fraction of sp³-hybridized carbons (Fsp3) is 0.154. The Kier molecular flexibility index (Phi) is 4.06. The third-order valence-corrected chi connectivity index (χ3v) is 2.69. The molecule has 0 aliphatic carbocycles. The number of hydrogen-bond acceptors (Lipinski definition) is 4. The molecule has 0 saturated carbocycles. The molecule has 2 aromatic rings. The van der Waals surface area contributed by atoms with Gasteiger partial charge in [0.2, 0.25) is 0 Å². The standard InChI is InChI=1S/C13H11ClFNO3/c1-18-13(17)8-4-10(19-7-8)6-16-12-5-9(14)2-3-11(12)15/h2-5,7,16H,6H2,1H3. The Morgan fingerprint density at radius 3 is 3.00 bits per heavy atom. The molecular formula is C13H11ClFNO3. The molecule has 6 heteroatoms. The highest BCUT2D eigenvalue weighted by molar-refractivity contribution is 6.30. The number of rotatable bonds is 4. The van der Waals surface area contributed by atoms with Gasteiger partial charge in [-0.05, 0) is 24.3 Å². The lowest BCUT2D eigenvalue weighted by molar-refractivity contribution is 0.0600. The number of halogens is 2. The fourth-order valence-corrected chi connectivity index (χ4v) is 1.69. The molecular weight excluding hydrogens is 273 g/mol. The number of nitrogens with one attached hydrogen (secondary N) is 1. The van der Waals surface area contributed by atoms with E-state index in [0.29, 0.717) is 16.3 Å². The van der Waals surface area contributed by atoms with Gasteiger partial charge in [0.25, 0.3) is 0 Å². The summed E-state index contributed by atoms with van der Waals surface area (Å²) in [5, 5.41) is 3.26. The van der Waals surface area contributed by atoms with Gasteiger partial charge in [-0.2, -0.15) is 0 Å². The molecule has 19 heavy (non-hydrogen) atoms. The third-order valence-electron chi connectivity index (χ3n) is 2.46. The zero-order valence-electron chi connectivity index (χ0n) is 10.1. The van der Waals surface area contributed by atoms with Crippen molar-refractivity contribution in [2.75, 3.05) is 12.4 Å². The minimum absolute atomic E-state index is 0.230. The molecule has 1 aromatic carbocycles. The van der Waals surface area contributed by atoms with Crippen molar-refractivity contribution in [3.63, 3.8) is 0 Å². The first-order valence-corrected chi connectivity index (χ1v) is 5.82. The largest absolute Gasteiger partial charge is 0.467 e. The van der Waals surface area contributed by atoms with Gasteiger partial charge in [-0.1, -0.05) is 11.6 Å². The first-order valence-electron chi connectivity index (χ1n) is 5.45. The SMILES string of the molecule is COC(=O)c1coc(CNc2cc(Cl)ccc2F)c1. The molecule has 100 valence electrons. The summed E-state index contributed by atoms with van der Waals surface area (Å²) in [4.78, 5) is 11.2. The molecule has 4 nitrogen and oxygen atoms in total. The van der Waals surface area contributed by atoms with Gasteiger partial charge < -0.3 is 14.5 Å². The van der Waals surface area contributed by atoms with E-state index < -0.39 is 11.8 Å². The molecule has 0 bridgehead atoms. The Morgan fingerprint density at radius 1 is 1.47 bits per heavy atom. The molecule has 0 radical (unpaired) electrons. The maximum absolute atomic E-state index is 13.4. The zero-order chi connectivity index (χ0) is 13.8. The van der Waals surface area contributed by atoms with Gasteiger partial charge in [-0.25, -0.2) is 9.18 Å². The van der Waals surface area contributed by atoms with Gasteiger partial charge in [0.1, 0.15) is 17.8 Å². The number of carbonyl (C=O) groups excluding carboxylic acids is 1. The van der Waals surface area contributed by atoms with Crippen molar-refractivity contribution in [1.29, 1.82) is 0 Å². The monoisotopic (exact) mass is 283 g/mol. The number of hydrogen-bond donors (Lipinski definition) is 1. The van der Waals surface area contributed by atoms with Crippen molar-refractivity contribution in [3.8, 4) is 0 Å². The van der Waals surface area contributed by atoms with Crippen molar-refractivity contribution in [1.82, 2.24) is 0 Å². The van der Waals surface area contributed by atoms with Crippen molar-refractivity contribution < 1.29 is 18.3 Å². The van der Waals surface area contributed by atoms with Gasteiger partial charge in [-0.3, -0.25) is 0 Å². The Hall–Kier alpha value is -2.01. The maximum atomic E-state index is 13.4. The average molecular weight is 284 g/mol. The number of esters is 1. The first-order chi connectivity index (χ1) is 9.10. The van der Waals surface area contributed by atoms with Gasteiger partial charge in [0.05, 0.1) is 24.9 Å². The van der Waals surface area contributed by atoms with Crippen LogP contribution in [-0.2, 0) is 11.3 Å². The van der Waals surface area contributed by atoms with Crippen LogP contribution in [0.1, 0.15) is 16.1 Å². The summed E-state index contributed by atoms with van der Waals surface area (Å²) in [6.45, 7) is 0.230. The summed E-state index contributed by atoms with van der Waals surface area (Å²) in [6.07, 6.45) is 1.29. The molecule has 0 spiro atoms. The number of methoxy groups -OCH3 is 1. The third kappa shape index (κ3) is 3.26. The van der Waals surface area contributed by atoms with Crippen molar-refractivity contribution in [2.24, 2.45) is 0 Å². The Labute approximate surface area is 114 Å². The summed E-state index contributed by atoms with van der Waals surface area (Å²) >= 11 is 5.77. The van der Waals surface area contributed by atoms with E-state index in [1.807, 2.05) is 0 Å². The van der Waals surface area contributed by atoms with E-state index >= 15 is 0 Å². The quantitative estimate of drug-likeness (QED) is 0.873. The second-order valence-electron chi connectivity index (χ2n) is 3.77. The Balaban J connectivity index is 2.04. The van der Waals surface area contributed by atoms with Crippen LogP contribution in [-0.4, -0.2) is 13.1 Å². The predicted molar refractivity (Wildman–Crippen MR) is 68.8 cm³/mol. The van der Waals surface area contributed by atoms with Gasteiger partial charge in [-0.15, -0.1) is 0 Å². The summed E-state index contributed by atoms with van der Waals surface area (Å²) in [7, 11) is 1.29. The molecule has 2 rings (SSSR count). The molecule has 1 heterocycles. The normalized spacial score (nSPS) is 10.3. The average Bonchev–Trinajstić information content (AvgIpc) is 2.88. The van der Waals surface area contributed by atoms with Crippen LogP contribution in [0.5, 0.6) is 0 Å². The molecule has 0 aliphatic heterocycles. The van der Waals surface area contributed by atoms with E-state index in [1.54, 1.807) is 0 Å². The van der Waals surface area contributed by atoms with Crippen LogP contribution in [0, 0.1) is 5.82 Å². The van der Waals surface area contributed by atoms with Gasteiger partial charge in [0.15, 0.2) is 0 Å². The Morgan fingerprint density at radius 2 is 2.26 bits per heavy atom. The van der Waals surface area contributed by atoms with E-state index in [0.717, 1.165) is 0 Å². The van der Waals surface area contributed by atoms with Crippen LogP contribution >= 0.6 is 11.6 Å². The molecule has 0 unspecified atom stereocenters. The number of anilines is 1. The number of carbonyl (C=O) groups is 1. The van der Waals surface area contributed by atoms with Crippen LogP contribution in [0.2, 0.25) is 5.02 Å². The maximum Gasteiger partial charge on any atom is 0.341 e. The summed E-state index contributed by atoms with van der Waals surface area (Å²) in [5.41, 5.74) is 0.578. The highest BCUT2D eigenvalue weighted by Crippen LogP contribution is 2.20. The van der Waals surface area contributed by atoms with Crippen LogP contribution < -0.4 is 5.32 Å². The highest BCUT2D eigenvalue weighted by atomic mass is 35.5. The number of ether oxygens (including phenoxy) is 1. The lowest BCUT2D eigenvalue weighted by atomic mass is 10.3. The predicted octanol–water partition coefficient (Wildman–Crippen LogP) is 3.47. The van der Waals surface area contributed by atoms with Crippen LogP contribution in [0.25, 0.3) is 0 Å². The lowest BCUT2D eigenvalue weighted by Crippen LogP contribution is -2.01. The van der Waals surface area contributed by atoms with Gasteiger partial charge >= 0.3 is 5.97 Å². The van der Waals surface area contributed by atoms with E-state index in [4.69, 9.17) is 16.0 Å². The molecule has 0 fully saturated rings. The summed E-state index contributed by atoms with van der Waals surface area (Å²) < 4.78 is 23.1. The van der Waals surface area contributed by atoms with E-state index in [2.05, 4.69) is 10.1 Å². The molecule has 1 aromatic heterocycles. The number of benzene rings is 1. The van der Waals surface area contributed by atoms with Crippen LogP contribution in [0.4, 0.5) is 10.1 Å². The Bertz CT molecular complexity index is 597. The fourth-order valence-electron chi connectivity index (χ4n) is 1.51. The van der Waals surface area contributed by atoms with Crippen LogP contribution in [0.3, 0.4) is 0 Å².